The van der Waals surface area contributed by atoms with Crippen molar-refractivity contribution in [1.29, 1.82) is 0 Å². The summed E-state index contributed by atoms with van der Waals surface area (Å²) in [6, 6.07) is 8.56. The molecular formula is C16H17BClFN2O5. The summed E-state index contributed by atoms with van der Waals surface area (Å²) in [6.07, 6.45) is 0.142. The largest absolute Gasteiger partial charge is 0.488 e. The summed E-state index contributed by atoms with van der Waals surface area (Å²) in [6.45, 7) is 0. The van der Waals surface area contributed by atoms with Gasteiger partial charge in [-0.25, -0.2) is 4.39 Å². The molecule has 2 rings (SSSR count). The van der Waals surface area contributed by atoms with Crippen LogP contribution < -0.4 is 16.5 Å². The molecular weight excluding hydrogens is 365 g/mol. The first-order chi connectivity index (χ1) is 11.8. The third kappa shape index (κ3) is 5.53. The second-order valence-corrected chi connectivity index (χ2v) is 5.41. The predicted molar refractivity (Wildman–Crippen MR) is 97.2 cm³/mol. The Morgan fingerprint density at radius 1 is 1.15 bits per heavy atom. The number of halogens is 2. The Kier molecular flexibility index (Phi) is 7.72. The van der Waals surface area contributed by atoms with E-state index in [2.05, 4.69) is 5.32 Å². The summed E-state index contributed by atoms with van der Waals surface area (Å²) < 4.78 is 13.9. The third-order valence-corrected chi connectivity index (χ3v) is 3.52. The van der Waals surface area contributed by atoms with Crippen molar-refractivity contribution in [2.45, 2.75) is 12.5 Å². The van der Waals surface area contributed by atoms with E-state index in [-0.39, 0.29) is 29.9 Å². The van der Waals surface area contributed by atoms with Crippen molar-refractivity contribution in [3.63, 3.8) is 0 Å². The first kappa shape index (κ1) is 21.6. The average molecular weight is 383 g/mol. The summed E-state index contributed by atoms with van der Waals surface area (Å²) in [5.41, 5.74) is 6.21. The van der Waals surface area contributed by atoms with Crippen LogP contribution in [-0.2, 0) is 11.2 Å². The first-order valence-corrected chi connectivity index (χ1v) is 7.32. The van der Waals surface area contributed by atoms with Gasteiger partial charge in [0.15, 0.2) is 0 Å². The number of amides is 1. The van der Waals surface area contributed by atoms with Crippen molar-refractivity contribution in [3.8, 4) is 0 Å². The number of nitrogens with one attached hydrogen (secondary N) is 1. The molecule has 0 unspecified atom stereocenters. The van der Waals surface area contributed by atoms with E-state index in [4.69, 9.17) is 20.9 Å². The Bertz CT molecular complexity index is 789. The number of carbonyl (C=O) groups is 2. The Hall–Kier alpha value is -2.46. The van der Waals surface area contributed by atoms with Crippen LogP contribution in [0.5, 0.6) is 0 Å². The van der Waals surface area contributed by atoms with E-state index in [9.17, 15) is 14.0 Å². The lowest BCUT2D eigenvalue weighted by Crippen LogP contribution is -2.32. The SMILES string of the molecule is Cl.N[C@@H](Cc1ccc(NC(=O)c2ccc(B(O)O)cc2F)cc1)C(=O)O. The van der Waals surface area contributed by atoms with Gasteiger partial charge in [0.2, 0.25) is 0 Å². The van der Waals surface area contributed by atoms with Gasteiger partial charge in [-0.2, -0.15) is 0 Å². The Balaban J connectivity index is 0.00000338. The fourth-order valence-corrected chi connectivity index (χ4v) is 2.14. The number of anilines is 1. The maximum Gasteiger partial charge on any atom is 0.488 e. The van der Waals surface area contributed by atoms with E-state index in [1.54, 1.807) is 24.3 Å². The average Bonchev–Trinajstić information content (AvgIpc) is 2.56. The summed E-state index contributed by atoms with van der Waals surface area (Å²) in [7, 11) is -1.82. The van der Waals surface area contributed by atoms with E-state index in [1.807, 2.05) is 0 Å². The first-order valence-electron chi connectivity index (χ1n) is 7.32. The fourth-order valence-electron chi connectivity index (χ4n) is 2.14. The van der Waals surface area contributed by atoms with Crippen molar-refractivity contribution in [2.24, 2.45) is 5.73 Å². The molecule has 1 amide bonds. The molecule has 0 spiro atoms. The molecule has 138 valence electrons. The van der Waals surface area contributed by atoms with Gasteiger partial charge in [0.1, 0.15) is 11.9 Å². The Morgan fingerprint density at radius 3 is 2.27 bits per heavy atom. The molecule has 26 heavy (non-hydrogen) atoms. The lowest BCUT2D eigenvalue weighted by molar-refractivity contribution is -0.138. The number of hydrogen-bond donors (Lipinski definition) is 5. The highest BCUT2D eigenvalue weighted by Crippen LogP contribution is 2.14. The van der Waals surface area contributed by atoms with E-state index in [1.165, 1.54) is 6.07 Å². The maximum atomic E-state index is 13.9. The minimum atomic E-state index is -1.82. The van der Waals surface area contributed by atoms with Gasteiger partial charge in [0.05, 0.1) is 5.56 Å². The van der Waals surface area contributed by atoms with Crippen LogP contribution in [-0.4, -0.2) is 40.2 Å². The molecule has 10 heteroatoms. The highest BCUT2D eigenvalue weighted by Gasteiger charge is 2.17. The summed E-state index contributed by atoms with van der Waals surface area (Å²) >= 11 is 0. The number of rotatable bonds is 6. The molecule has 1 atom stereocenters. The smallest absolute Gasteiger partial charge is 0.480 e. The van der Waals surface area contributed by atoms with Gasteiger partial charge in [-0.15, -0.1) is 12.4 Å². The monoisotopic (exact) mass is 382 g/mol. The molecule has 0 aromatic heterocycles. The highest BCUT2D eigenvalue weighted by atomic mass is 35.5. The van der Waals surface area contributed by atoms with Crippen LogP contribution in [0, 0.1) is 5.82 Å². The van der Waals surface area contributed by atoms with Crippen molar-refractivity contribution in [1.82, 2.24) is 0 Å². The van der Waals surface area contributed by atoms with Crippen LogP contribution >= 0.6 is 12.4 Å². The zero-order valence-corrected chi connectivity index (χ0v) is 14.2. The van der Waals surface area contributed by atoms with E-state index in [0.717, 1.165) is 12.1 Å². The molecule has 2 aromatic rings. The van der Waals surface area contributed by atoms with Crippen molar-refractivity contribution < 1.29 is 29.1 Å². The highest BCUT2D eigenvalue weighted by molar-refractivity contribution is 6.58. The molecule has 0 aliphatic carbocycles. The van der Waals surface area contributed by atoms with Crippen molar-refractivity contribution in [3.05, 3.63) is 59.4 Å². The van der Waals surface area contributed by atoms with Gasteiger partial charge >= 0.3 is 13.1 Å². The van der Waals surface area contributed by atoms with Gasteiger partial charge in [-0.1, -0.05) is 18.2 Å². The van der Waals surface area contributed by atoms with Crippen LogP contribution in [0.1, 0.15) is 15.9 Å². The topological polar surface area (TPSA) is 133 Å². The molecule has 2 aromatic carbocycles. The van der Waals surface area contributed by atoms with E-state index in [0.29, 0.717) is 11.3 Å². The number of carboxylic acid groups (broad SMARTS) is 1. The molecule has 0 heterocycles. The van der Waals surface area contributed by atoms with Crippen LogP contribution in [0.15, 0.2) is 42.5 Å². The lowest BCUT2D eigenvalue weighted by atomic mass is 9.80. The maximum absolute atomic E-state index is 13.9. The molecule has 0 fully saturated rings. The molecule has 0 saturated heterocycles. The summed E-state index contributed by atoms with van der Waals surface area (Å²) in [4.78, 5) is 22.8. The summed E-state index contributed by atoms with van der Waals surface area (Å²) in [5.74, 6) is -2.69. The van der Waals surface area contributed by atoms with Crippen LogP contribution in [0.25, 0.3) is 0 Å². The predicted octanol–water partition coefficient (Wildman–Crippen LogP) is 0.134. The van der Waals surface area contributed by atoms with Crippen molar-refractivity contribution >= 4 is 42.6 Å². The van der Waals surface area contributed by atoms with Gasteiger partial charge < -0.3 is 26.2 Å². The molecule has 0 aliphatic rings. The Labute approximate surface area is 155 Å². The Morgan fingerprint density at radius 2 is 1.77 bits per heavy atom. The molecule has 0 radical (unpaired) electrons. The zero-order valence-electron chi connectivity index (χ0n) is 13.4. The van der Waals surface area contributed by atoms with Gasteiger partial charge in [0, 0.05) is 5.69 Å². The minimum Gasteiger partial charge on any atom is -0.480 e. The van der Waals surface area contributed by atoms with E-state index < -0.39 is 30.9 Å². The van der Waals surface area contributed by atoms with Crippen LogP contribution in [0.3, 0.4) is 0 Å². The van der Waals surface area contributed by atoms with Crippen molar-refractivity contribution in [2.75, 3.05) is 5.32 Å². The standard InChI is InChI=1S/C16H16BFN2O5.ClH/c18-13-8-10(17(24)25)3-6-12(13)15(21)20-11-4-1-9(2-5-11)7-14(19)16(22)23;/h1-6,8,14,24-25H,7,19H2,(H,20,21)(H,22,23);1H/t14-;/m0./s1. The zero-order chi connectivity index (χ0) is 18.6. The van der Waals surface area contributed by atoms with Crippen LogP contribution in [0.2, 0.25) is 0 Å². The quantitative estimate of drug-likeness (QED) is 0.451. The number of nitrogens with two attached hydrogens (primary N) is 1. The molecule has 7 nitrogen and oxygen atoms in total. The van der Waals surface area contributed by atoms with Gasteiger partial charge in [0.25, 0.3) is 5.91 Å². The minimum absolute atomic E-state index is 0. The molecule has 0 aliphatic heterocycles. The van der Waals surface area contributed by atoms with Gasteiger partial charge in [-0.3, -0.25) is 9.59 Å². The number of aliphatic carboxylic acids is 1. The number of hydrogen-bond acceptors (Lipinski definition) is 5. The fraction of sp³-hybridized carbons (Fsp3) is 0.125. The number of carboxylic acids is 1. The van der Waals surface area contributed by atoms with E-state index >= 15 is 0 Å². The molecule has 0 bridgehead atoms. The number of benzene rings is 2. The molecule has 6 N–H and O–H groups in total. The molecule has 0 saturated carbocycles. The number of carbonyl (C=O) groups excluding carboxylic acids is 1. The normalized spacial score (nSPS) is 11.2. The second kappa shape index (κ2) is 9.30. The second-order valence-electron chi connectivity index (χ2n) is 5.41. The third-order valence-electron chi connectivity index (χ3n) is 3.52. The lowest BCUT2D eigenvalue weighted by Gasteiger charge is -2.09. The van der Waals surface area contributed by atoms with Gasteiger partial charge in [-0.05, 0) is 41.7 Å². The summed E-state index contributed by atoms with van der Waals surface area (Å²) in [5, 5.41) is 29.2. The van der Waals surface area contributed by atoms with Crippen LogP contribution in [0.4, 0.5) is 10.1 Å².